The summed E-state index contributed by atoms with van der Waals surface area (Å²) in [6.07, 6.45) is 5.61. The maximum absolute atomic E-state index is 12.6. The van der Waals surface area contributed by atoms with Crippen LogP contribution >= 0.6 is 0 Å². The average Bonchev–Trinajstić information content (AvgIpc) is 3.17. The highest BCUT2D eigenvalue weighted by atomic mass is 16.5. The van der Waals surface area contributed by atoms with Gasteiger partial charge in [-0.05, 0) is 25.5 Å². The number of amides is 1. The van der Waals surface area contributed by atoms with Gasteiger partial charge >= 0.3 is 0 Å². The van der Waals surface area contributed by atoms with E-state index < -0.39 is 0 Å². The lowest BCUT2D eigenvalue weighted by molar-refractivity contribution is 0.0937. The van der Waals surface area contributed by atoms with E-state index in [1.165, 1.54) is 6.20 Å². The normalized spacial score (nSPS) is 11.9. The molecule has 3 N–H and O–H groups in total. The van der Waals surface area contributed by atoms with Crippen LogP contribution < -0.4 is 11.1 Å². The zero-order chi connectivity index (χ0) is 19.9. The van der Waals surface area contributed by atoms with Gasteiger partial charge in [-0.15, -0.1) is 10.2 Å². The van der Waals surface area contributed by atoms with Crippen molar-refractivity contribution >= 4 is 11.7 Å². The highest BCUT2D eigenvalue weighted by Gasteiger charge is 2.16. The molecule has 3 aromatic rings. The molecule has 0 bridgehead atoms. The Kier molecular flexibility index (Phi) is 6.28. The third kappa shape index (κ3) is 4.68. The molecule has 0 spiro atoms. The van der Waals surface area contributed by atoms with E-state index in [1.54, 1.807) is 31.8 Å². The number of aryl methyl sites for hydroxylation is 1. The van der Waals surface area contributed by atoms with E-state index >= 15 is 0 Å². The van der Waals surface area contributed by atoms with Gasteiger partial charge in [-0.25, -0.2) is 4.98 Å². The molecule has 0 fully saturated rings. The monoisotopic (exact) mass is 381 g/mol. The number of nitrogen functional groups attached to an aromatic ring is 1. The van der Waals surface area contributed by atoms with Crippen LogP contribution in [0.25, 0.3) is 11.3 Å². The predicted octanol–water partition coefficient (Wildman–Crippen LogP) is 1.84. The second kappa shape index (κ2) is 9.05. The van der Waals surface area contributed by atoms with Crippen LogP contribution in [0, 0.1) is 0 Å². The number of nitrogens with two attached hydrogens (primary N) is 1. The largest absolute Gasteiger partial charge is 0.385 e. The van der Waals surface area contributed by atoms with E-state index in [-0.39, 0.29) is 11.9 Å². The highest BCUT2D eigenvalue weighted by molar-refractivity contribution is 5.94. The molecule has 3 rings (SSSR count). The van der Waals surface area contributed by atoms with E-state index in [0.29, 0.717) is 29.5 Å². The number of carbonyl (C=O) groups excluding carboxylic acids is 1. The third-order valence-electron chi connectivity index (χ3n) is 4.24. The molecule has 2 aromatic heterocycles. The van der Waals surface area contributed by atoms with Crippen LogP contribution in [0.1, 0.15) is 35.6 Å². The van der Waals surface area contributed by atoms with E-state index in [1.807, 2.05) is 23.6 Å². The van der Waals surface area contributed by atoms with Crippen molar-refractivity contribution in [2.24, 2.45) is 0 Å². The SMILES string of the molecule is COCCCn1cnnc1[C@@H](C)NC(=O)c1ccc(-c2cnc(N)cn2)cc1. The maximum atomic E-state index is 12.6. The molecule has 0 aliphatic carbocycles. The summed E-state index contributed by atoms with van der Waals surface area (Å²) in [6, 6.07) is 6.87. The van der Waals surface area contributed by atoms with Gasteiger partial charge in [-0.1, -0.05) is 12.1 Å². The van der Waals surface area contributed by atoms with Crippen molar-refractivity contribution in [2.75, 3.05) is 19.5 Å². The van der Waals surface area contributed by atoms with Gasteiger partial charge in [-0.3, -0.25) is 9.78 Å². The molecular weight excluding hydrogens is 358 g/mol. The van der Waals surface area contributed by atoms with Crippen LogP contribution in [0.4, 0.5) is 5.82 Å². The number of nitrogens with zero attached hydrogens (tertiary/aromatic N) is 5. The molecule has 0 saturated heterocycles. The Hall–Kier alpha value is -3.33. The molecule has 0 aliphatic rings. The van der Waals surface area contributed by atoms with Crippen molar-refractivity contribution in [1.29, 1.82) is 0 Å². The molecule has 9 nitrogen and oxygen atoms in total. The van der Waals surface area contributed by atoms with E-state index in [9.17, 15) is 4.79 Å². The van der Waals surface area contributed by atoms with Crippen molar-refractivity contribution in [3.8, 4) is 11.3 Å². The molecule has 9 heteroatoms. The number of carbonyl (C=O) groups is 1. The number of hydrogen-bond donors (Lipinski definition) is 2. The van der Waals surface area contributed by atoms with Crippen LogP contribution in [0.3, 0.4) is 0 Å². The number of hydrogen-bond acceptors (Lipinski definition) is 7. The molecular formula is C19H23N7O2. The summed E-state index contributed by atoms with van der Waals surface area (Å²) < 4.78 is 7.00. The fourth-order valence-electron chi connectivity index (χ4n) is 2.77. The summed E-state index contributed by atoms with van der Waals surface area (Å²) in [6.45, 7) is 3.27. The van der Waals surface area contributed by atoms with Crippen molar-refractivity contribution in [1.82, 2.24) is 30.0 Å². The second-order valence-electron chi connectivity index (χ2n) is 6.33. The number of anilines is 1. The van der Waals surface area contributed by atoms with Crippen molar-refractivity contribution < 1.29 is 9.53 Å². The zero-order valence-electron chi connectivity index (χ0n) is 15.9. The molecule has 1 amide bonds. The van der Waals surface area contributed by atoms with Gasteiger partial charge in [0, 0.05) is 31.4 Å². The molecule has 1 aromatic carbocycles. The lowest BCUT2D eigenvalue weighted by atomic mass is 10.1. The topological polar surface area (TPSA) is 121 Å². The summed E-state index contributed by atoms with van der Waals surface area (Å²) in [5, 5.41) is 11.0. The van der Waals surface area contributed by atoms with Crippen molar-refractivity contribution in [3.63, 3.8) is 0 Å². The molecule has 0 saturated carbocycles. The van der Waals surface area contributed by atoms with Crippen LogP contribution in [-0.2, 0) is 11.3 Å². The number of ether oxygens (including phenoxy) is 1. The molecule has 146 valence electrons. The first-order chi connectivity index (χ1) is 13.6. The fourth-order valence-corrected chi connectivity index (χ4v) is 2.77. The molecule has 1 atom stereocenters. The highest BCUT2D eigenvalue weighted by Crippen LogP contribution is 2.18. The Labute approximate surface area is 163 Å². The lowest BCUT2D eigenvalue weighted by Crippen LogP contribution is -2.28. The molecule has 0 radical (unpaired) electrons. The standard InChI is InChI=1S/C19H23N7O2/c1-13(18-25-23-12-26(18)8-3-9-28-2)24-19(27)15-6-4-14(5-7-15)16-10-22-17(20)11-21-16/h4-7,10-13H,3,8-9H2,1-2H3,(H2,20,22)(H,24,27)/t13-/m1/s1. The Morgan fingerprint density at radius 1 is 1.25 bits per heavy atom. The minimum absolute atomic E-state index is 0.186. The first kappa shape index (κ1) is 19.4. The Balaban J connectivity index is 1.64. The average molecular weight is 381 g/mol. The zero-order valence-corrected chi connectivity index (χ0v) is 15.9. The molecule has 28 heavy (non-hydrogen) atoms. The van der Waals surface area contributed by atoms with Crippen LogP contribution in [-0.4, -0.2) is 44.4 Å². The lowest BCUT2D eigenvalue weighted by Gasteiger charge is -2.15. The molecule has 2 heterocycles. The summed E-state index contributed by atoms with van der Waals surface area (Å²) in [4.78, 5) is 20.8. The van der Waals surface area contributed by atoms with E-state index in [4.69, 9.17) is 10.5 Å². The maximum Gasteiger partial charge on any atom is 0.251 e. The van der Waals surface area contributed by atoms with Gasteiger partial charge in [0.2, 0.25) is 0 Å². The first-order valence-electron chi connectivity index (χ1n) is 8.94. The van der Waals surface area contributed by atoms with E-state index in [2.05, 4.69) is 25.5 Å². The van der Waals surface area contributed by atoms with Gasteiger partial charge in [0.1, 0.15) is 12.1 Å². The van der Waals surface area contributed by atoms with Gasteiger partial charge in [-0.2, -0.15) is 0 Å². The van der Waals surface area contributed by atoms with Gasteiger partial charge < -0.3 is 20.4 Å². The minimum Gasteiger partial charge on any atom is -0.385 e. The van der Waals surface area contributed by atoms with Crippen molar-refractivity contribution in [2.45, 2.75) is 25.9 Å². The smallest absolute Gasteiger partial charge is 0.251 e. The number of aromatic nitrogens is 5. The van der Waals surface area contributed by atoms with Crippen molar-refractivity contribution in [3.05, 3.63) is 54.4 Å². The molecule has 0 unspecified atom stereocenters. The molecule has 0 aliphatic heterocycles. The van der Waals surface area contributed by atoms with Gasteiger partial charge in [0.25, 0.3) is 5.91 Å². The summed E-state index contributed by atoms with van der Waals surface area (Å²) in [7, 11) is 1.67. The summed E-state index contributed by atoms with van der Waals surface area (Å²) in [5.74, 6) is 0.885. The summed E-state index contributed by atoms with van der Waals surface area (Å²) in [5.41, 5.74) is 7.65. The number of rotatable bonds is 8. The van der Waals surface area contributed by atoms with Crippen LogP contribution in [0.5, 0.6) is 0 Å². The summed E-state index contributed by atoms with van der Waals surface area (Å²) >= 11 is 0. The third-order valence-corrected chi connectivity index (χ3v) is 4.24. The minimum atomic E-state index is -0.278. The quantitative estimate of drug-likeness (QED) is 0.571. The number of methoxy groups -OCH3 is 1. The second-order valence-corrected chi connectivity index (χ2v) is 6.33. The number of nitrogens with one attached hydrogen (secondary N) is 1. The Morgan fingerprint density at radius 3 is 2.71 bits per heavy atom. The Morgan fingerprint density at radius 2 is 2.04 bits per heavy atom. The first-order valence-corrected chi connectivity index (χ1v) is 8.94. The van der Waals surface area contributed by atoms with Crippen LogP contribution in [0.15, 0.2) is 43.0 Å². The fraction of sp³-hybridized carbons (Fsp3) is 0.316. The van der Waals surface area contributed by atoms with Crippen LogP contribution in [0.2, 0.25) is 0 Å². The predicted molar refractivity (Wildman–Crippen MR) is 104 cm³/mol. The van der Waals surface area contributed by atoms with Gasteiger partial charge in [0.15, 0.2) is 5.82 Å². The Bertz CT molecular complexity index is 907. The van der Waals surface area contributed by atoms with E-state index in [0.717, 1.165) is 18.5 Å². The van der Waals surface area contributed by atoms with Gasteiger partial charge in [0.05, 0.1) is 24.1 Å². The number of benzene rings is 1.